The molecule has 0 unspecified atom stereocenters. The summed E-state index contributed by atoms with van der Waals surface area (Å²) in [5.74, 6) is 0. The van der Waals surface area contributed by atoms with Crippen LogP contribution in [0.25, 0.3) is 0 Å². The van der Waals surface area contributed by atoms with Gasteiger partial charge in [-0.2, -0.15) is 0 Å². The molecule has 0 aliphatic heterocycles. The zero-order valence-corrected chi connectivity index (χ0v) is 7.53. The minimum Gasteiger partial charge on any atom is -1.00 e. The molecule has 0 saturated heterocycles. The van der Waals surface area contributed by atoms with E-state index in [9.17, 15) is 0 Å². The molecule has 0 amide bonds. The van der Waals surface area contributed by atoms with Crippen LogP contribution < -0.4 is 34.3 Å². The number of ether oxygens (including phenoxy) is 1. The van der Waals surface area contributed by atoms with Gasteiger partial charge in [-0.25, -0.2) is 9.97 Å². The van der Waals surface area contributed by atoms with Crippen molar-refractivity contribution in [3.63, 3.8) is 0 Å². The molecule has 9 heavy (non-hydrogen) atoms. The summed E-state index contributed by atoms with van der Waals surface area (Å²) >= 11 is 0. The van der Waals surface area contributed by atoms with Crippen molar-refractivity contribution in [1.29, 1.82) is 0 Å². The maximum atomic E-state index is 4.69. The largest absolute Gasteiger partial charge is 1.00 e. The summed E-state index contributed by atoms with van der Waals surface area (Å²) in [6.45, 7) is 0. The van der Waals surface area contributed by atoms with Crippen LogP contribution in [0.1, 0.15) is 1.43 Å². The second kappa shape index (κ2) is 4.73. The topological polar surface area (TPSA) is 35.0 Å². The summed E-state index contributed by atoms with van der Waals surface area (Å²) in [6.07, 6.45) is 3.26. The Balaban J connectivity index is 0. The fourth-order valence-electron chi connectivity index (χ4n) is 0.391. The molecule has 0 aromatic carbocycles. The van der Waals surface area contributed by atoms with E-state index in [-0.39, 0.29) is 31.0 Å². The molecule has 1 aromatic rings. The Morgan fingerprint density at radius 3 is 2.33 bits per heavy atom. The standard InChI is InChI=1S/C5H6N2O.Na.H/c1-8-5-6-3-2-4-7-5;;/h2-4H,1H3;;/q;+1;-1. The summed E-state index contributed by atoms with van der Waals surface area (Å²) in [6, 6.07) is 2.15. The van der Waals surface area contributed by atoms with Gasteiger partial charge in [0.1, 0.15) is 0 Å². The molecule has 44 valence electrons. The molecule has 0 N–H and O–H groups in total. The maximum Gasteiger partial charge on any atom is 1.00 e. The molecule has 0 fully saturated rings. The Hall–Kier alpha value is -0.120. The van der Waals surface area contributed by atoms with Crippen molar-refractivity contribution in [3.8, 4) is 6.01 Å². The molecular weight excluding hydrogens is 127 g/mol. The van der Waals surface area contributed by atoms with Gasteiger partial charge >= 0.3 is 35.6 Å². The monoisotopic (exact) mass is 134 g/mol. The van der Waals surface area contributed by atoms with Gasteiger partial charge in [-0.1, -0.05) is 0 Å². The van der Waals surface area contributed by atoms with E-state index < -0.39 is 0 Å². The van der Waals surface area contributed by atoms with Crippen LogP contribution in [0.2, 0.25) is 0 Å². The van der Waals surface area contributed by atoms with E-state index in [0.29, 0.717) is 6.01 Å². The average molecular weight is 134 g/mol. The predicted molar refractivity (Wildman–Crippen MR) is 29.7 cm³/mol. The molecule has 0 aliphatic carbocycles. The summed E-state index contributed by atoms with van der Waals surface area (Å²) in [7, 11) is 1.54. The summed E-state index contributed by atoms with van der Waals surface area (Å²) in [5.41, 5.74) is 0. The van der Waals surface area contributed by atoms with Crippen LogP contribution in [0, 0.1) is 0 Å². The van der Waals surface area contributed by atoms with Gasteiger partial charge in [0, 0.05) is 12.4 Å². The van der Waals surface area contributed by atoms with Gasteiger partial charge in [0.15, 0.2) is 0 Å². The van der Waals surface area contributed by atoms with Crippen molar-refractivity contribution in [2.75, 3.05) is 7.11 Å². The zero-order valence-electron chi connectivity index (χ0n) is 6.53. The number of methoxy groups -OCH3 is 1. The van der Waals surface area contributed by atoms with Crippen molar-refractivity contribution in [2.45, 2.75) is 0 Å². The molecule has 0 spiro atoms. The first-order valence-electron chi connectivity index (χ1n) is 2.24. The van der Waals surface area contributed by atoms with Crippen LogP contribution in [-0.4, -0.2) is 17.1 Å². The van der Waals surface area contributed by atoms with Crippen LogP contribution in [0.4, 0.5) is 0 Å². The molecular formula is C5H7N2NaO. The van der Waals surface area contributed by atoms with Crippen molar-refractivity contribution < 1.29 is 35.7 Å². The van der Waals surface area contributed by atoms with Gasteiger partial charge < -0.3 is 6.16 Å². The molecule has 1 heterocycles. The summed E-state index contributed by atoms with van der Waals surface area (Å²) in [5, 5.41) is 0. The molecule has 1 rings (SSSR count). The summed E-state index contributed by atoms with van der Waals surface area (Å²) in [4.78, 5) is 7.53. The Morgan fingerprint density at radius 2 is 2.00 bits per heavy atom. The quantitative estimate of drug-likeness (QED) is 0.402. The number of hydrogen-bond acceptors (Lipinski definition) is 3. The molecule has 4 heteroatoms. The van der Waals surface area contributed by atoms with E-state index in [1.54, 1.807) is 18.5 Å². The second-order valence-electron chi connectivity index (χ2n) is 1.24. The minimum absolute atomic E-state index is 0. The molecule has 3 nitrogen and oxygen atoms in total. The Labute approximate surface area is 77.2 Å². The van der Waals surface area contributed by atoms with E-state index >= 15 is 0 Å². The van der Waals surface area contributed by atoms with E-state index in [1.165, 1.54) is 7.11 Å². The normalized spacial score (nSPS) is 7.67. The van der Waals surface area contributed by atoms with E-state index in [2.05, 4.69) is 9.97 Å². The first kappa shape index (κ1) is 8.88. The van der Waals surface area contributed by atoms with Gasteiger partial charge in [-0.3, -0.25) is 0 Å². The van der Waals surface area contributed by atoms with Gasteiger partial charge in [-0.05, 0) is 6.07 Å². The predicted octanol–water partition coefficient (Wildman–Crippen LogP) is -2.40. The van der Waals surface area contributed by atoms with Crippen molar-refractivity contribution >= 4 is 0 Å². The van der Waals surface area contributed by atoms with Gasteiger partial charge in [-0.15, -0.1) is 0 Å². The number of hydrogen-bond donors (Lipinski definition) is 0. The van der Waals surface area contributed by atoms with E-state index in [0.717, 1.165) is 0 Å². The summed E-state index contributed by atoms with van der Waals surface area (Å²) < 4.78 is 4.69. The molecule has 0 aliphatic rings. The Kier molecular flexibility index (Phi) is 4.67. The first-order valence-corrected chi connectivity index (χ1v) is 2.24. The maximum absolute atomic E-state index is 4.69. The van der Waals surface area contributed by atoms with Crippen LogP contribution >= 0.6 is 0 Å². The van der Waals surface area contributed by atoms with Crippen LogP contribution in [0.15, 0.2) is 18.5 Å². The minimum atomic E-state index is 0. The third-order valence-corrected chi connectivity index (χ3v) is 0.725. The van der Waals surface area contributed by atoms with Gasteiger partial charge in [0.2, 0.25) is 0 Å². The van der Waals surface area contributed by atoms with Crippen molar-refractivity contribution in [3.05, 3.63) is 18.5 Å². The third kappa shape index (κ3) is 2.79. The first-order chi connectivity index (χ1) is 3.93. The zero-order chi connectivity index (χ0) is 5.82. The second-order valence-corrected chi connectivity index (χ2v) is 1.24. The molecule has 0 saturated carbocycles. The molecule has 0 bridgehead atoms. The fourth-order valence-corrected chi connectivity index (χ4v) is 0.391. The Bertz CT molecular complexity index is 161. The molecule has 0 atom stereocenters. The smallest absolute Gasteiger partial charge is 1.00 e. The van der Waals surface area contributed by atoms with Crippen LogP contribution in [0.3, 0.4) is 0 Å². The third-order valence-electron chi connectivity index (χ3n) is 0.725. The fraction of sp³-hybridized carbons (Fsp3) is 0.200. The van der Waals surface area contributed by atoms with E-state index in [4.69, 9.17) is 4.74 Å². The average Bonchev–Trinajstić information content (AvgIpc) is 1.90. The van der Waals surface area contributed by atoms with E-state index in [1.807, 2.05) is 0 Å². The number of aromatic nitrogens is 2. The number of nitrogens with zero attached hydrogens (tertiary/aromatic N) is 2. The van der Waals surface area contributed by atoms with Gasteiger partial charge in [0.05, 0.1) is 7.11 Å². The molecule has 1 aromatic heterocycles. The van der Waals surface area contributed by atoms with Crippen LogP contribution in [-0.2, 0) is 0 Å². The van der Waals surface area contributed by atoms with Crippen molar-refractivity contribution in [2.24, 2.45) is 0 Å². The SMILES string of the molecule is COc1ncccn1.[H-].[Na+]. The van der Waals surface area contributed by atoms with Crippen LogP contribution in [0.5, 0.6) is 6.01 Å². The number of rotatable bonds is 1. The Morgan fingerprint density at radius 1 is 1.44 bits per heavy atom. The van der Waals surface area contributed by atoms with Gasteiger partial charge in [0.25, 0.3) is 0 Å². The molecule has 0 radical (unpaired) electrons. The van der Waals surface area contributed by atoms with Crippen molar-refractivity contribution in [1.82, 2.24) is 9.97 Å².